The molecule has 2 N–H and O–H groups in total. The summed E-state index contributed by atoms with van der Waals surface area (Å²) in [6.45, 7) is 1.93. The highest BCUT2D eigenvalue weighted by molar-refractivity contribution is 8.00. The minimum atomic E-state index is -0.598. The molecule has 0 aromatic heterocycles. The van der Waals surface area contributed by atoms with E-state index in [0.717, 1.165) is 16.0 Å². The van der Waals surface area contributed by atoms with Crippen LogP contribution in [0.5, 0.6) is 0 Å². The molecule has 0 radical (unpaired) electrons. The van der Waals surface area contributed by atoms with Gasteiger partial charge < -0.3 is 9.84 Å². The van der Waals surface area contributed by atoms with Gasteiger partial charge in [0.2, 0.25) is 0 Å². The number of halogens is 3. The van der Waals surface area contributed by atoms with Crippen LogP contribution in [-0.2, 0) is 9.53 Å². The molecule has 3 atom stereocenters. The first kappa shape index (κ1) is 25.0. The molecule has 34 heavy (non-hydrogen) atoms. The standard InChI is InChI=1S/C26H22Cl3NO3S/c1-2-33-26(32)21-22(15-3-7-17(27)8-4-15)30-23(16-5-9-18(28)10-6-16)25(24(21)31)34-20-13-11-19(29)12-14-20/h3-14,22-23,25,30-31H,2H2,1H3/t22-,23+,25-/m1/s1. The fourth-order valence-corrected chi connectivity index (χ4v) is 5.46. The molecule has 3 aromatic rings. The molecule has 0 saturated carbocycles. The van der Waals surface area contributed by atoms with Crippen molar-refractivity contribution in [3.05, 3.63) is 110 Å². The van der Waals surface area contributed by atoms with Crippen molar-refractivity contribution in [2.75, 3.05) is 6.61 Å². The Morgan fingerprint density at radius 2 is 1.38 bits per heavy atom. The first-order valence-corrected chi connectivity index (χ1v) is 12.7. The van der Waals surface area contributed by atoms with Gasteiger partial charge in [-0.1, -0.05) is 59.1 Å². The van der Waals surface area contributed by atoms with E-state index in [-0.39, 0.29) is 24.0 Å². The molecular weight excluding hydrogens is 513 g/mol. The lowest BCUT2D eigenvalue weighted by molar-refractivity contribution is -0.139. The Labute approximate surface area is 217 Å². The number of rotatable bonds is 6. The Balaban J connectivity index is 1.84. The van der Waals surface area contributed by atoms with Crippen molar-refractivity contribution in [2.45, 2.75) is 29.2 Å². The van der Waals surface area contributed by atoms with Crippen LogP contribution in [0.3, 0.4) is 0 Å². The van der Waals surface area contributed by atoms with Gasteiger partial charge in [0.15, 0.2) is 0 Å². The van der Waals surface area contributed by atoms with Crippen LogP contribution in [-0.4, -0.2) is 22.9 Å². The van der Waals surface area contributed by atoms with Crippen molar-refractivity contribution in [3.8, 4) is 0 Å². The highest BCUT2D eigenvalue weighted by Crippen LogP contribution is 2.45. The number of nitrogens with one attached hydrogen (secondary N) is 1. The highest BCUT2D eigenvalue weighted by atomic mass is 35.5. The predicted molar refractivity (Wildman–Crippen MR) is 139 cm³/mol. The van der Waals surface area contributed by atoms with E-state index in [0.29, 0.717) is 15.1 Å². The maximum atomic E-state index is 13.0. The number of aliphatic hydroxyl groups excluding tert-OH is 1. The number of esters is 1. The predicted octanol–water partition coefficient (Wildman–Crippen LogP) is 7.57. The Morgan fingerprint density at radius 3 is 1.91 bits per heavy atom. The van der Waals surface area contributed by atoms with Crippen molar-refractivity contribution in [1.29, 1.82) is 0 Å². The number of hydrogen-bond donors (Lipinski definition) is 2. The average molecular weight is 535 g/mol. The van der Waals surface area contributed by atoms with Crippen LogP contribution in [0.1, 0.15) is 30.1 Å². The van der Waals surface area contributed by atoms with Crippen molar-refractivity contribution in [1.82, 2.24) is 5.32 Å². The highest BCUT2D eigenvalue weighted by Gasteiger charge is 2.42. The summed E-state index contributed by atoms with van der Waals surface area (Å²) in [5.41, 5.74) is 1.89. The summed E-state index contributed by atoms with van der Waals surface area (Å²) < 4.78 is 5.33. The average Bonchev–Trinajstić information content (AvgIpc) is 2.82. The summed E-state index contributed by atoms with van der Waals surface area (Å²) in [6.07, 6.45) is 0. The van der Waals surface area contributed by atoms with E-state index in [1.165, 1.54) is 11.8 Å². The molecule has 0 bridgehead atoms. The Morgan fingerprint density at radius 1 is 0.882 bits per heavy atom. The molecule has 0 aliphatic carbocycles. The first-order valence-electron chi connectivity index (χ1n) is 10.7. The lowest BCUT2D eigenvalue weighted by atomic mass is 9.88. The molecule has 3 aromatic carbocycles. The van der Waals surface area contributed by atoms with Gasteiger partial charge in [-0.15, -0.1) is 11.8 Å². The molecule has 0 amide bonds. The van der Waals surface area contributed by atoms with Gasteiger partial charge in [0.05, 0.1) is 29.5 Å². The number of aliphatic hydroxyl groups is 1. The van der Waals surface area contributed by atoms with Crippen LogP contribution in [0.15, 0.2) is 89.0 Å². The molecule has 8 heteroatoms. The zero-order chi connectivity index (χ0) is 24.2. The molecule has 1 heterocycles. The van der Waals surface area contributed by atoms with Gasteiger partial charge in [0, 0.05) is 20.0 Å². The van der Waals surface area contributed by atoms with E-state index in [4.69, 9.17) is 39.5 Å². The smallest absolute Gasteiger partial charge is 0.339 e. The molecule has 1 aliphatic heterocycles. The summed E-state index contributed by atoms with van der Waals surface area (Å²) >= 11 is 19.7. The summed E-state index contributed by atoms with van der Waals surface area (Å²) in [7, 11) is 0. The van der Waals surface area contributed by atoms with Crippen LogP contribution >= 0.6 is 46.6 Å². The normalized spacial score (nSPS) is 20.3. The molecule has 176 valence electrons. The third-order valence-electron chi connectivity index (χ3n) is 5.49. The maximum Gasteiger partial charge on any atom is 0.339 e. The third kappa shape index (κ3) is 5.56. The van der Waals surface area contributed by atoms with Crippen LogP contribution < -0.4 is 5.32 Å². The van der Waals surface area contributed by atoms with Crippen molar-refractivity contribution in [3.63, 3.8) is 0 Å². The maximum absolute atomic E-state index is 13.0. The Bertz CT molecular complexity index is 1180. The Hall–Kier alpha value is -2.15. The largest absolute Gasteiger partial charge is 0.510 e. The zero-order valence-corrected chi connectivity index (χ0v) is 21.3. The van der Waals surface area contributed by atoms with Crippen LogP contribution in [0, 0.1) is 0 Å². The van der Waals surface area contributed by atoms with Crippen molar-refractivity contribution < 1.29 is 14.6 Å². The number of carbonyl (C=O) groups excluding carboxylic acids is 1. The molecule has 0 fully saturated rings. The Kier molecular flexibility index (Phi) is 8.12. The number of hydrogen-bond acceptors (Lipinski definition) is 5. The molecular formula is C26H22Cl3NO3S. The zero-order valence-electron chi connectivity index (χ0n) is 18.2. The van der Waals surface area contributed by atoms with Gasteiger partial charge >= 0.3 is 5.97 Å². The summed E-state index contributed by atoms with van der Waals surface area (Å²) in [5, 5.41) is 16.4. The summed E-state index contributed by atoms with van der Waals surface area (Å²) in [6, 6.07) is 21.0. The number of ether oxygens (including phenoxy) is 1. The second kappa shape index (κ2) is 11.1. The SMILES string of the molecule is CCOC(=O)C1=C(O)[C@H](Sc2ccc(Cl)cc2)[C@H](c2ccc(Cl)cc2)N[C@@H]1c1ccc(Cl)cc1. The van der Waals surface area contributed by atoms with E-state index < -0.39 is 17.3 Å². The topological polar surface area (TPSA) is 58.6 Å². The first-order chi connectivity index (χ1) is 16.4. The van der Waals surface area contributed by atoms with Gasteiger partial charge in [0.1, 0.15) is 5.76 Å². The molecule has 0 saturated heterocycles. The summed E-state index contributed by atoms with van der Waals surface area (Å²) in [5.74, 6) is -0.597. The second-order valence-electron chi connectivity index (χ2n) is 7.69. The number of benzene rings is 3. The van der Waals surface area contributed by atoms with Gasteiger partial charge in [-0.05, 0) is 66.6 Å². The van der Waals surface area contributed by atoms with E-state index in [2.05, 4.69) is 5.32 Å². The molecule has 4 rings (SSSR count). The van der Waals surface area contributed by atoms with Crippen molar-refractivity contribution >= 4 is 52.5 Å². The summed E-state index contributed by atoms with van der Waals surface area (Å²) in [4.78, 5) is 13.9. The molecule has 0 unspecified atom stereocenters. The fourth-order valence-electron chi connectivity index (χ4n) is 3.88. The van der Waals surface area contributed by atoms with Gasteiger partial charge in [-0.2, -0.15) is 0 Å². The molecule has 1 aliphatic rings. The van der Waals surface area contributed by atoms with Gasteiger partial charge in [-0.25, -0.2) is 4.79 Å². The number of thioether (sulfide) groups is 1. The number of carbonyl (C=O) groups is 1. The lowest BCUT2D eigenvalue weighted by Gasteiger charge is -2.38. The van der Waals surface area contributed by atoms with Crippen LogP contribution in [0.2, 0.25) is 15.1 Å². The fraction of sp³-hybridized carbons (Fsp3) is 0.192. The third-order valence-corrected chi connectivity index (χ3v) is 7.54. The molecule has 0 spiro atoms. The van der Waals surface area contributed by atoms with Gasteiger partial charge in [-0.3, -0.25) is 5.32 Å². The van der Waals surface area contributed by atoms with E-state index in [1.807, 2.05) is 48.5 Å². The van der Waals surface area contributed by atoms with Crippen LogP contribution in [0.4, 0.5) is 0 Å². The van der Waals surface area contributed by atoms with E-state index in [9.17, 15) is 9.90 Å². The van der Waals surface area contributed by atoms with E-state index >= 15 is 0 Å². The second-order valence-corrected chi connectivity index (χ2v) is 10.2. The monoisotopic (exact) mass is 533 g/mol. The minimum Gasteiger partial charge on any atom is -0.510 e. The van der Waals surface area contributed by atoms with Gasteiger partial charge in [0.25, 0.3) is 0 Å². The van der Waals surface area contributed by atoms with Crippen LogP contribution in [0.25, 0.3) is 0 Å². The minimum absolute atomic E-state index is 0.0305. The quantitative estimate of drug-likeness (QED) is 0.319. The lowest BCUT2D eigenvalue weighted by Crippen LogP contribution is -2.43. The van der Waals surface area contributed by atoms with E-state index in [1.54, 1.807) is 31.2 Å². The van der Waals surface area contributed by atoms with Crippen molar-refractivity contribution in [2.24, 2.45) is 0 Å². The molecule has 4 nitrogen and oxygen atoms in total.